The summed E-state index contributed by atoms with van der Waals surface area (Å²) in [4.78, 5) is 4.85. The highest BCUT2D eigenvalue weighted by molar-refractivity contribution is 5.18. The SMILES string of the molecule is NC1=CCN(CCCN2CCNCC2)C=C1. The number of piperazine rings is 1. The molecule has 2 rings (SSSR count). The van der Waals surface area contributed by atoms with Gasteiger partial charge in [0.15, 0.2) is 0 Å². The number of nitrogens with two attached hydrogens (primary N) is 1. The third-order valence-electron chi connectivity index (χ3n) is 3.17. The van der Waals surface area contributed by atoms with Gasteiger partial charge in [-0.3, -0.25) is 0 Å². The molecule has 0 spiro atoms. The summed E-state index contributed by atoms with van der Waals surface area (Å²) in [5.41, 5.74) is 6.56. The molecule has 0 radical (unpaired) electrons. The van der Waals surface area contributed by atoms with Crippen molar-refractivity contribution in [3.05, 3.63) is 24.0 Å². The predicted octanol–water partition coefficient (Wildman–Crippen LogP) is -0.0464. The van der Waals surface area contributed by atoms with Crippen LogP contribution in [-0.4, -0.2) is 55.6 Å². The van der Waals surface area contributed by atoms with E-state index in [0.717, 1.165) is 31.9 Å². The smallest absolute Gasteiger partial charge is 0.0376 e. The fraction of sp³-hybridized carbons (Fsp3) is 0.667. The van der Waals surface area contributed by atoms with Gasteiger partial charge in [0, 0.05) is 51.2 Å². The first kappa shape index (κ1) is 11.5. The summed E-state index contributed by atoms with van der Waals surface area (Å²) in [6, 6.07) is 0. The largest absolute Gasteiger partial charge is 0.399 e. The topological polar surface area (TPSA) is 44.5 Å². The Morgan fingerprint density at radius 3 is 2.75 bits per heavy atom. The first-order valence-electron chi connectivity index (χ1n) is 6.15. The minimum Gasteiger partial charge on any atom is -0.399 e. The van der Waals surface area contributed by atoms with Gasteiger partial charge in [-0.05, 0) is 25.1 Å². The van der Waals surface area contributed by atoms with Crippen LogP contribution in [0.15, 0.2) is 24.0 Å². The Morgan fingerprint density at radius 2 is 2.06 bits per heavy atom. The maximum Gasteiger partial charge on any atom is 0.0376 e. The second-order valence-corrected chi connectivity index (χ2v) is 4.46. The zero-order valence-corrected chi connectivity index (χ0v) is 9.86. The molecule has 0 aromatic heterocycles. The number of nitrogens with zero attached hydrogens (tertiary/aromatic N) is 2. The Labute approximate surface area is 97.8 Å². The average molecular weight is 222 g/mol. The van der Waals surface area contributed by atoms with E-state index in [1.165, 1.54) is 26.1 Å². The summed E-state index contributed by atoms with van der Waals surface area (Å²) in [6.07, 6.45) is 7.39. The molecule has 2 aliphatic heterocycles. The van der Waals surface area contributed by atoms with E-state index in [1.807, 2.05) is 6.08 Å². The van der Waals surface area contributed by atoms with E-state index in [4.69, 9.17) is 5.73 Å². The van der Waals surface area contributed by atoms with Crippen molar-refractivity contribution in [1.82, 2.24) is 15.1 Å². The molecule has 0 aliphatic carbocycles. The second-order valence-electron chi connectivity index (χ2n) is 4.46. The average Bonchev–Trinajstić information content (AvgIpc) is 2.33. The molecule has 0 saturated carbocycles. The van der Waals surface area contributed by atoms with E-state index in [-0.39, 0.29) is 0 Å². The first-order chi connectivity index (χ1) is 7.84. The molecule has 2 heterocycles. The monoisotopic (exact) mass is 222 g/mol. The Hall–Kier alpha value is -1.00. The summed E-state index contributed by atoms with van der Waals surface area (Å²) < 4.78 is 0. The highest BCUT2D eigenvalue weighted by Crippen LogP contribution is 2.03. The molecule has 0 bridgehead atoms. The van der Waals surface area contributed by atoms with Crippen molar-refractivity contribution < 1.29 is 0 Å². The zero-order valence-electron chi connectivity index (χ0n) is 9.86. The minimum atomic E-state index is 0.887. The van der Waals surface area contributed by atoms with Crippen molar-refractivity contribution in [1.29, 1.82) is 0 Å². The van der Waals surface area contributed by atoms with Crippen LogP contribution < -0.4 is 11.1 Å². The van der Waals surface area contributed by atoms with Gasteiger partial charge in [0.2, 0.25) is 0 Å². The van der Waals surface area contributed by atoms with Crippen LogP contribution in [0.1, 0.15) is 6.42 Å². The lowest BCUT2D eigenvalue weighted by Crippen LogP contribution is -2.44. The van der Waals surface area contributed by atoms with E-state index in [1.54, 1.807) is 0 Å². The fourth-order valence-electron chi connectivity index (χ4n) is 2.14. The lowest BCUT2D eigenvalue weighted by Gasteiger charge is -2.28. The molecule has 0 aromatic rings. The molecule has 16 heavy (non-hydrogen) atoms. The van der Waals surface area contributed by atoms with Gasteiger partial charge < -0.3 is 20.9 Å². The summed E-state index contributed by atoms with van der Waals surface area (Å²) in [7, 11) is 0. The third kappa shape index (κ3) is 3.54. The van der Waals surface area contributed by atoms with Crippen LogP contribution in [0.2, 0.25) is 0 Å². The number of allylic oxidation sites excluding steroid dienone is 1. The van der Waals surface area contributed by atoms with Crippen molar-refractivity contribution in [2.45, 2.75) is 6.42 Å². The molecule has 4 nitrogen and oxygen atoms in total. The normalized spacial score (nSPS) is 22.2. The number of rotatable bonds is 4. The maximum absolute atomic E-state index is 5.67. The van der Waals surface area contributed by atoms with Crippen LogP contribution in [0.4, 0.5) is 0 Å². The highest BCUT2D eigenvalue weighted by atomic mass is 15.2. The van der Waals surface area contributed by atoms with Gasteiger partial charge in [-0.25, -0.2) is 0 Å². The molecule has 1 fully saturated rings. The molecular weight excluding hydrogens is 200 g/mol. The fourth-order valence-corrected chi connectivity index (χ4v) is 2.14. The molecule has 0 unspecified atom stereocenters. The zero-order chi connectivity index (χ0) is 11.2. The molecule has 1 saturated heterocycles. The van der Waals surface area contributed by atoms with Crippen molar-refractivity contribution in [3.8, 4) is 0 Å². The molecule has 2 aliphatic rings. The van der Waals surface area contributed by atoms with Crippen LogP contribution in [-0.2, 0) is 0 Å². The molecule has 4 heteroatoms. The standard InChI is InChI=1S/C12H22N4/c13-12-2-8-15(9-3-12)6-1-7-16-10-4-14-5-11-16/h2-3,8,14H,1,4-7,9-11,13H2. The predicted molar refractivity (Wildman–Crippen MR) is 66.9 cm³/mol. The number of hydrogen-bond donors (Lipinski definition) is 2. The van der Waals surface area contributed by atoms with Crippen molar-refractivity contribution >= 4 is 0 Å². The Balaban J connectivity index is 1.59. The quantitative estimate of drug-likeness (QED) is 0.700. The molecule has 90 valence electrons. The van der Waals surface area contributed by atoms with Crippen molar-refractivity contribution in [2.24, 2.45) is 5.73 Å². The van der Waals surface area contributed by atoms with E-state index in [2.05, 4.69) is 27.4 Å². The summed E-state index contributed by atoms with van der Waals surface area (Å²) in [5, 5.41) is 3.37. The van der Waals surface area contributed by atoms with Crippen molar-refractivity contribution in [2.75, 3.05) is 45.8 Å². The Bertz CT molecular complexity index is 266. The van der Waals surface area contributed by atoms with Gasteiger partial charge in [0.1, 0.15) is 0 Å². The van der Waals surface area contributed by atoms with Gasteiger partial charge >= 0.3 is 0 Å². The van der Waals surface area contributed by atoms with Gasteiger partial charge in [0.05, 0.1) is 0 Å². The van der Waals surface area contributed by atoms with E-state index in [9.17, 15) is 0 Å². The van der Waals surface area contributed by atoms with E-state index in [0.29, 0.717) is 0 Å². The van der Waals surface area contributed by atoms with E-state index >= 15 is 0 Å². The van der Waals surface area contributed by atoms with Crippen LogP contribution in [0.5, 0.6) is 0 Å². The van der Waals surface area contributed by atoms with Gasteiger partial charge in [-0.1, -0.05) is 0 Å². The van der Waals surface area contributed by atoms with Crippen LogP contribution >= 0.6 is 0 Å². The van der Waals surface area contributed by atoms with Crippen molar-refractivity contribution in [3.63, 3.8) is 0 Å². The van der Waals surface area contributed by atoms with Gasteiger partial charge in [0.25, 0.3) is 0 Å². The molecule has 3 N–H and O–H groups in total. The van der Waals surface area contributed by atoms with Crippen LogP contribution in [0.3, 0.4) is 0 Å². The lowest BCUT2D eigenvalue weighted by molar-refractivity contribution is 0.228. The van der Waals surface area contributed by atoms with Gasteiger partial charge in [-0.2, -0.15) is 0 Å². The number of hydrogen-bond acceptors (Lipinski definition) is 4. The van der Waals surface area contributed by atoms with Crippen LogP contribution in [0.25, 0.3) is 0 Å². The molecule has 0 amide bonds. The second kappa shape index (κ2) is 5.92. The third-order valence-corrected chi connectivity index (χ3v) is 3.17. The lowest BCUT2D eigenvalue weighted by atomic mass is 10.2. The Morgan fingerprint density at radius 1 is 1.25 bits per heavy atom. The van der Waals surface area contributed by atoms with Crippen LogP contribution in [0, 0.1) is 0 Å². The molecule has 0 aromatic carbocycles. The first-order valence-corrected chi connectivity index (χ1v) is 6.15. The van der Waals surface area contributed by atoms with Gasteiger partial charge in [-0.15, -0.1) is 0 Å². The highest BCUT2D eigenvalue weighted by Gasteiger charge is 2.09. The summed E-state index contributed by atoms with van der Waals surface area (Å²) in [6.45, 7) is 7.98. The molecular formula is C12H22N4. The summed E-state index contributed by atoms with van der Waals surface area (Å²) in [5.74, 6) is 0. The molecule has 0 atom stereocenters. The Kier molecular flexibility index (Phi) is 4.25. The maximum atomic E-state index is 5.67. The number of nitrogens with one attached hydrogen (secondary N) is 1. The minimum absolute atomic E-state index is 0.887. The van der Waals surface area contributed by atoms with E-state index < -0.39 is 0 Å². The summed E-state index contributed by atoms with van der Waals surface area (Å²) >= 11 is 0.